The summed E-state index contributed by atoms with van der Waals surface area (Å²) < 4.78 is 0. The fourth-order valence-corrected chi connectivity index (χ4v) is 4.62. The fourth-order valence-electron chi connectivity index (χ4n) is 4.62. The molecule has 8 heteroatoms. The highest BCUT2D eigenvalue weighted by Gasteiger charge is 2.24. The van der Waals surface area contributed by atoms with Crippen molar-refractivity contribution in [3.63, 3.8) is 0 Å². The van der Waals surface area contributed by atoms with Crippen LogP contribution in [0, 0.1) is 5.92 Å². The van der Waals surface area contributed by atoms with E-state index in [9.17, 15) is 14.4 Å². The molecule has 2 aliphatic rings. The lowest BCUT2D eigenvalue weighted by Gasteiger charge is -2.36. The standard InChI is InChI=1S/C24H36N4O4/c29-22(27-13-9-20(10-14-27)19-24(31)32)5-3-1-2-4-6-23(30)28-17-15-26(16-18-28)21-7-11-25-12-8-21/h7-8,11-12,20H,1-6,9-10,13-19H2,(H,31,32). The highest BCUT2D eigenvalue weighted by Crippen LogP contribution is 2.21. The topological polar surface area (TPSA) is 94.0 Å². The largest absolute Gasteiger partial charge is 0.481 e. The van der Waals surface area contributed by atoms with E-state index >= 15 is 0 Å². The zero-order chi connectivity index (χ0) is 22.8. The van der Waals surface area contributed by atoms with Gasteiger partial charge in [-0.1, -0.05) is 12.8 Å². The number of carboxylic acid groups (broad SMARTS) is 1. The zero-order valence-corrected chi connectivity index (χ0v) is 19.0. The summed E-state index contributed by atoms with van der Waals surface area (Å²) in [5, 5.41) is 8.88. The predicted octanol–water partition coefficient (Wildman–Crippen LogP) is 2.78. The van der Waals surface area contributed by atoms with Gasteiger partial charge in [0, 0.05) is 76.6 Å². The molecule has 1 N–H and O–H groups in total. The minimum atomic E-state index is -0.750. The van der Waals surface area contributed by atoms with Crippen LogP contribution >= 0.6 is 0 Å². The summed E-state index contributed by atoms with van der Waals surface area (Å²) in [4.78, 5) is 45.8. The van der Waals surface area contributed by atoms with Gasteiger partial charge in [0.15, 0.2) is 0 Å². The zero-order valence-electron chi connectivity index (χ0n) is 19.0. The van der Waals surface area contributed by atoms with Gasteiger partial charge in [0.05, 0.1) is 0 Å². The van der Waals surface area contributed by atoms with Crippen molar-refractivity contribution in [2.24, 2.45) is 5.92 Å². The molecule has 0 radical (unpaired) electrons. The van der Waals surface area contributed by atoms with Gasteiger partial charge in [-0.3, -0.25) is 19.4 Å². The molecule has 1 aromatic heterocycles. The van der Waals surface area contributed by atoms with E-state index in [0.717, 1.165) is 70.4 Å². The second kappa shape index (κ2) is 12.4. The Balaban J connectivity index is 1.21. The normalized spacial score (nSPS) is 17.4. The Morgan fingerprint density at radius 1 is 0.812 bits per heavy atom. The third-order valence-corrected chi connectivity index (χ3v) is 6.62. The van der Waals surface area contributed by atoms with E-state index in [-0.39, 0.29) is 24.2 Å². The Labute approximate surface area is 190 Å². The van der Waals surface area contributed by atoms with E-state index in [1.807, 2.05) is 21.9 Å². The molecule has 176 valence electrons. The van der Waals surface area contributed by atoms with Crippen LogP contribution in [0.2, 0.25) is 0 Å². The lowest BCUT2D eigenvalue weighted by molar-refractivity contribution is -0.139. The van der Waals surface area contributed by atoms with Crippen molar-refractivity contribution in [1.29, 1.82) is 0 Å². The number of carbonyl (C=O) groups excluding carboxylic acids is 2. The van der Waals surface area contributed by atoms with Crippen LogP contribution in [0.15, 0.2) is 24.5 Å². The summed E-state index contributed by atoms with van der Waals surface area (Å²) in [6.45, 7) is 4.59. The molecular formula is C24H36N4O4. The molecule has 0 bridgehead atoms. The van der Waals surface area contributed by atoms with E-state index in [1.165, 1.54) is 0 Å². The summed E-state index contributed by atoms with van der Waals surface area (Å²) in [5.41, 5.74) is 1.16. The molecule has 2 fully saturated rings. The molecule has 0 atom stereocenters. The number of aliphatic carboxylic acids is 1. The van der Waals surface area contributed by atoms with Crippen molar-refractivity contribution in [3.05, 3.63) is 24.5 Å². The lowest BCUT2D eigenvalue weighted by atomic mass is 9.93. The van der Waals surface area contributed by atoms with Gasteiger partial charge in [0.2, 0.25) is 11.8 Å². The number of carboxylic acids is 1. The second-order valence-corrected chi connectivity index (χ2v) is 8.91. The third-order valence-electron chi connectivity index (χ3n) is 6.62. The van der Waals surface area contributed by atoms with Crippen LogP contribution in [-0.2, 0) is 14.4 Å². The molecule has 0 spiro atoms. The number of hydrogen-bond acceptors (Lipinski definition) is 5. The first kappa shape index (κ1) is 24.0. The van der Waals surface area contributed by atoms with E-state index < -0.39 is 5.97 Å². The average Bonchev–Trinajstić information content (AvgIpc) is 2.82. The summed E-state index contributed by atoms with van der Waals surface area (Å²) in [5.74, 6) is -0.130. The lowest BCUT2D eigenvalue weighted by Crippen LogP contribution is -2.48. The first-order chi connectivity index (χ1) is 15.5. The number of hydrogen-bond donors (Lipinski definition) is 1. The fraction of sp³-hybridized carbons (Fsp3) is 0.667. The molecule has 2 saturated heterocycles. The van der Waals surface area contributed by atoms with Crippen LogP contribution in [0.1, 0.15) is 57.8 Å². The third kappa shape index (κ3) is 7.50. The SMILES string of the molecule is O=C(O)CC1CCN(C(=O)CCCCCCC(=O)N2CCN(c3ccncc3)CC2)CC1. The van der Waals surface area contributed by atoms with Gasteiger partial charge in [0.1, 0.15) is 0 Å². The Morgan fingerprint density at radius 2 is 1.34 bits per heavy atom. The van der Waals surface area contributed by atoms with Crippen molar-refractivity contribution in [1.82, 2.24) is 14.8 Å². The van der Waals surface area contributed by atoms with Crippen molar-refractivity contribution in [2.75, 3.05) is 44.2 Å². The van der Waals surface area contributed by atoms with Gasteiger partial charge in [-0.2, -0.15) is 0 Å². The predicted molar refractivity (Wildman–Crippen MR) is 122 cm³/mol. The molecule has 0 aromatic carbocycles. The highest BCUT2D eigenvalue weighted by atomic mass is 16.4. The van der Waals surface area contributed by atoms with Gasteiger partial charge in [-0.15, -0.1) is 0 Å². The van der Waals surface area contributed by atoms with Crippen molar-refractivity contribution < 1.29 is 19.5 Å². The summed E-state index contributed by atoms with van der Waals surface area (Å²) in [6.07, 6.45) is 10.2. The molecule has 0 aliphatic carbocycles. The van der Waals surface area contributed by atoms with Crippen LogP contribution in [0.4, 0.5) is 5.69 Å². The van der Waals surface area contributed by atoms with Crippen molar-refractivity contribution >= 4 is 23.5 Å². The van der Waals surface area contributed by atoms with Gasteiger partial charge >= 0.3 is 5.97 Å². The molecule has 1 aromatic rings. The van der Waals surface area contributed by atoms with Crippen LogP contribution < -0.4 is 4.90 Å². The molecule has 3 rings (SSSR count). The number of piperidine rings is 1. The maximum absolute atomic E-state index is 12.5. The summed E-state index contributed by atoms with van der Waals surface area (Å²) in [6, 6.07) is 4.01. The number of nitrogens with zero attached hydrogens (tertiary/aromatic N) is 4. The van der Waals surface area contributed by atoms with E-state index in [4.69, 9.17) is 5.11 Å². The minimum Gasteiger partial charge on any atom is -0.481 e. The van der Waals surface area contributed by atoms with Crippen molar-refractivity contribution in [3.8, 4) is 0 Å². The number of unbranched alkanes of at least 4 members (excludes halogenated alkanes) is 3. The van der Waals surface area contributed by atoms with Crippen LogP contribution in [-0.4, -0.2) is 76.9 Å². The Kier molecular flexibility index (Phi) is 9.31. The number of pyridine rings is 1. The summed E-state index contributed by atoms with van der Waals surface area (Å²) >= 11 is 0. The second-order valence-electron chi connectivity index (χ2n) is 8.91. The van der Waals surface area contributed by atoms with Gasteiger partial charge in [-0.25, -0.2) is 0 Å². The molecule has 8 nitrogen and oxygen atoms in total. The summed E-state index contributed by atoms with van der Waals surface area (Å²) in [7, 11) is 0. The molecule has 3 heterocycles. The van der Waals surface area contributed by atoms with Crippen LogP contribution in [0.3, 0.4) is 0 Å². The molecule has 0 saturated carbocycles. The van der Waals surface area contributed by atoms with E-state index in [1.54, 1.807) is 12.4 Å². The Bertz CT molecular complexity index is 742. The maximum Gasteiger partial charge on any atom is 0.303 e. The number of anilines is 1. The van der Waals surface area contributed by atoms with Gasteiger partial charge in [-0.05, 0) is 43.7 Å². The number of carbonyl (C=O) groups is 3. The first-order valence-corrected chi connectivity index (χ1v) is 11.9. The number of piperazine rings is 1. The molecular weight excluding hydrogens is 408 g/mol. The smallest absolute Gasteiger partial charge is 0.303 e. The van der Waals surface area contributed by atoms with Crippen LogP contribution in [0.5, 0.6) is 0 Å². The quantitative estimate of drug-likeness (QED) is 0.558. The average molecular weight is 445 g/mol. The first-order valence-electron chi connectivity index (χ1n) is 11.9. The Hall–Kier alpha value is -2.64. The highest BCUT2D eigenvalue weighted by molar-refractivity contribution is 5.77. The van der Waals surface area contributed by atoms with Gasteiger partial charge in [0.25, 0.3) is 0 Å². The molecule has 32 heavy (non-hydrogen) atoms. The van der Waals surface area contributed by atoms with Crippen molar-refractivity contribution in [2.45, 2.75) is 57.8 Å². The van der Waals surface area contributed by atoms with E-state index in [0.29, 0.717) is 25.9 Å². The molecule has 2 aliphatic heterocycles. The Morgan fingerprint density at radius 3 is 1.88 bits per heavy atom. The number of amides is 2. The van der Waals surface area contributed by atoms with Gasteiger partial charge < -0.3 is 19.8 Å². The number of aromatic nitrogens is 1. The maximum atomic E-state index is 12.5. The van der Waals surface area contributed by atoms with Crippen LogP contribution in [0.25, 0.3) is 0 Å². The van der Waals surface area contributed by atoms with E-state index in [2.05, 4.69) is 9.88 Å². The minimum absolute atomic E-state index is 0.182. The number of rotatable bonds is 10. The molecule has 2 amide bonds. The monoisotopic (exact) mass is 444 g/mol. The molecule has 0 unspecified atom stereocenters. The number of likely N-dealkylation sites (tertiary alicyclic amines) is 1.